The zero-order valence-electron chi connectivity index (χ0n) is 23.1. The molecule has 12 nitrogen and oxygen atoms in total. The van der Waals surface area contributed by atoms with E-state index in [2.05, 4.69) is 48.0 Å². The van der Waals surface area contributed by atoms with Gasteiger partial charge >= 0.3 is 0 Å². The zero-order chi connectivity index (χ0) is 28.1. The van der Waals surface area contributed by atoms with E-state index in [0.29, 0.717) is 41.5 Å². The highest BCUT2D eigenvalue weighted by Gasteiger charge is 2.50. The third kappa shape index (κ3) is 4.87. The number of nitrogens with one attached hydrogen (secondary N) is 2. The first kappa shape index (κ1) is 25.8. The van der Waals surface area contributed by atoms with Crippen molar-refractivity contribution < 1.29 is 14.0 Å². The lowest BCUT2D eigenvalue weighted by Gasteiger charge is -2.40. The molecule has 3 aliphatic rings. The minimum absolute atomic E-state index is 0.0447. The van der Waals surface area contributed by atoms with Gasteiger partial charge in [-0.25, -0.2) is 4.98 Å². The number of hydrogen-bond donors (Lipinski definition) is 2. The molecule has 5 heterocycles. The molecule has 41 heavy (non-hydrogen) atoms. The van der Waals surface area contributed by atoms with E-state index in [1.54, 1.807) is 7.05 Å². The predicted octanol–water partition coefficient (Wildman–Crippen LogP) is 2.22. The number of amides is 2. The summed E-state index contributed by atoms with van der Waals surface area (Å²) in [5, 5.41) is 19.2. The molecule has 5 atom stereocenters. The number of aryl methyl sites for hydroxylation is 1. The van der Waals surface area contributed by atoms with Crippen molar-refractivity contribution in [3.05, 3.63) is 65.8 Å². The molecule has 0 spiro atoms. The lowest BCUT2D eigenvalue weighted by molar-refractivity contribution is -0.136. The number of nitrogens with zero attached hydrogens (tertiary/aromatic N) is 7. The van der Waals surface area contributed by atoms with E-state index >= 15 is 0 Å². The quantitative estimate of drug-likeness (QED) is 0.367. The van der Waals surface area contributed by atoms with Crippen LogP contribution < -0.4 is 10.6 Å². The Kier molecular flexibility index (Phi) is 6.51. The Hall–Kier alpha value is -4.16. The molecular weight excluding hydrogens is 522 g/mol. The molecule has 2 aromatic carbocycles. The van der Waals surface area contributed by atoms with E-state index in [9.17, 15) is 9.59 Å². The maximum absolute atomic E-state index is 13.8. The number of benzene rings is 2. The lowest BCUT2D eigenvalue weighted by Crippen LogP contribution is -2.56. The van der Waals surface area contributed by atoms with E-state index in [0.717, 1.165) is 31.5 Å². The first-order valence-electron chi connectivity index (χ1n) is 14.2. The Balaban J connectivity index is 1.05. The van der Waals surface area contributed by atoms with Crippen molar-refractivity contribution in [2.75, 3.05) is 25.0 Å². The van der Waals surface area contributed by atoms with Crippen molar-refractivity contribution in [1.29, 1.82) is 0 Å². The number of aromatic nitrogens is 5. The second kappa shape index (κ2) is 10.3. The highest BCUT2D eigenvalue weighted by Crippen LogP contribution is 2.40. The van der Waals surface area contributed by atoms with Crippen LogP contribution in [0.3, 0.4) is 0 Å². The highest BCUT2D eigenvalue weighted by molar-refractivity contribution is 5.91. The number of likely N-dealkylation sites (tertiary alicyclic amines) is 2. The summed E-state index contributed by atoms with van der Waals surface area (Å²) in [6.45, 7) is 3.65. The van der Waals surface area contributed by atoms with Crippen LogP contribution in [0.4, 0.5) is 5.69 Å². The molecular formula is C29H33N9O3. The summed E-state index contributed by atoms with van der Waals surface area (Å²) in [6, 6.07) is 15.7. The summed E-state index contributed by atoms with van der Waals surface area (Å²) in [7, 11) is 1.78. The molecule has 2 bridgehead atoms. The summed E-state index contributed by atoms with van der Waals surface area (Å²) < 4.78 is 6.09. The van der Waals surface area contributed by atoms with Crippen molar-refractivity contribution in [3.63, 3.8) is 0 Å². The number of rotatable bonds is 6. The molecule has 7 rings (SSSR count). The van der Waals surface area contributed by atoms with Gasteiger partial charge in [-0.1, -0.05) is 30.3 Å². The van der Waals surface area contributed by atoms with Crippen LogP contribution in [0.2, 0.25) is 0 Å². The minimum Gasteiger partial charge on any atom is -0.440 e. The van der Waals surface area contributed by atoms with Gasteiger partial charge in [0.05, 0.1) is 19.1 Å². The number of oxazole rings is 1. The molecule has 2 N–H and O–H groups in total. The largest absolute Gasteiger partial charge is 0.440 e. The van der Waals surface area contributed by atoms with Crippen molar-refractivity contribution in [2.24, 2.45) is 7.05 Å². The monoisotopic (exact) mass is 555 g/mol. The molecule has 212 valence electrons. The fraction of sp³-hybridized carbons (Fsp3) is 0.448. The van der Waals surface area contributed by atoms with E-state index in [1.807, 2.05) is 36.4 Å². The van der Waals surface area contributed by atoms with Gasteiger partial charge < -0.3 is 20.0 Å². The smallest absolute Gasteiger partial charge is 0.240 e. The number of carbonyl (C=O) groups excluding carboxylic acids is 2. The highest BCUT2D eigenvalue weighted by atomic mass is 16.3. The van der Waals surface area contributed by atoms with E-state index in [1.165, 1.54) is 11.7 Å². The molecule has 3 unspecified atom stereocenters. The molecule has 12 heteroatoms. The summed E-state index contributed by atoms with van der Waals surface area (Å²) in [4.78, 5) is 36.0. The van der Waals surface area contributed by atoms with Gasteiger partial charge in [0.25, 0.3) is 0 Å². The molecule has 0 saturated carbocycles. The topological polar surface area (TPSA) is 134 Å². The van der Waals surface area contributed by atoms with Crippen LogP contribution in [0.25, 0.3) is 11.1 Å². The molecule has 4 aromatic rings. The number of piperazine rings is 1. The van der Waals surface area contributed by atoms with Crippen molar-refractivity contribution in [3.8, 4) is 0 Å². The number of carbonyl (C=O) groups is 2. The van der Waals surface area contributed by atoms with E-state index < -0.39 is 0 Å². The van der Waals surface area contributed by atoms with Crippen LogP contribution in [0, 0.1) is 0 Å². The number of tetrazole rings is 1. The zero-order valence-corrected chi connectivity index (χ0v) is 23.1. The molecule has 3 aliphatic heterocycles. The number of piperidine rings is 1. The van der Waals surface area contributed by atoms with Gasteiger partial charge in [-0.2, -0.15) is 4.80 Å². The molecule has 2 amide bonds. The predicted molar refractivity (Wildman–Crippen MR) is 150 cm³/mol. The molecule has 3 saturated heterocycles. The second-order valence-electron chi connectivity index (χ2n) is 11.3. The SMILES string of the molecule is CC(=O)Nc1ccc2oc(C3CCNC(C(=O)N4C[C@H]5C[C@@H]4CN5C(c4ccccc4)c4nnn(C)n4)C3)nc2c1. The Bertz CT molecular complexity index is 1580. The summed E-state index contributed by atoms with van der Waals surface area (Å²) in [6.07, 6.45) is 2.42. The molecule has 3 fully saturated rings. The Labute approximate surface area is 237 Å². The average Bonchev–Trinajstić information content (AvgIpc) is 3.77. The van der Waals surface area contributed by atoms with Gasteiger partial charge in [-0.3, -0.25) is 14.5 Å². The van der Waals surface area contributed by atoms with Crippen LogP contribution in [-0.2, 0) is 16.6 Å². The van der Waals surface area contributed by atoms with Gasteiger partial charge in [0.2, 0.25) is 11.8 Å². The Morgan fingerprint density at radius 3 is 2.68 bits per heavy atom. The fourth-order valence-corrected chi connectivity index (χ4v) is 6.75. The Morgan fingerprint density at radius 1 is 1.10 bits per heavy atom. The van der Waals surface area contributed by atoms with Gasteiger partial charge in [0.1, 0.15) is 5.52 Å². The van der Waals surface area contributed by atoms with Crippen molar-refractivity contribution in [2.45, 2.75) is 56.3 Å². The third-order valence-corrected chi connectivity index (χ3v) is 8.56. The fourth-order valence-electron chi connectivity index (χ4n) is 6.75. The molecule has 0 aliphatic carbocycles. The second-order valence-corrected chi connectivity index (χ2v) is 11.3. The van der Waals surface area contributed by atoms with Crippen molar-refractivity contribution >= 4 is 28.6 Å². The van der Waals surface area contributed by atoms with Crippen LogP contribution in [0.5, 0.6) is 0 Å². The average molecular weight is 556 g/mol. The van der Waals surface area contributed by atoms with E-state index in [-0.39, 0.29) is 41.9 Å². The maximum atomic E-state index is 13.8. The molecule has 2 aromatic heterocycles. The van der Waals surface area contributed by atoms with Crippen LogP contribution in [0.15, 0.2) is 52.9 Å². The summed E-state index contributed by atoms with van der Waals surface area (Å²) in [5.74, 6) is 1.40. The van der Waals surface area contributed by atoms with Gasteiger partial charge in [0.15, 0.2) is 17.3 Å². The van der Waals surface area contributed by atoms with Gasteiger partial charge in [0, 0.05) is 43.7 Å². The summed E-state index contributed by atoms with van der Waals surface area (Å²) >= 11 is 0. The maximum Gasteiger partial charge on any atom is 0.240 e. The van der Waals surface area contributed by atoms with Gasteiger partial charge in [-0.15, -0.1) is 10.2 Å². The number of hydrogen-bond acceptors (Lipinski definition) is 9. The first-order valence-corrected chi connectivity index (χ1v) is 14.2. The van der Waals surface area contributed by atoms with Crippen LogP contribution >= 0.6 is 0 Å². The minimum atomic E-state index is -0.280. The number of fused-ring (bicyclic) bond motifs is 3. The molecule has 0 radical (unpaired) electrons. The normalized spacial score (nSPS) is 25.1. The lowest BCUT2D eigenvalue weighted by atomic mass is 9.91. The summed E-state index contributed by atoms with van der Waals surface area (Å²) in [5.41, 5.74) is 3.20. The Morgan fingerprint density at radius 2 is 1.95 bits per heavy atom. The van der Waals surface area contributed by atoms with Gasteiger partial charge in [-0.05, 0) is 54.8 Å². The first-order chi connectivity index (χ1) is 19.9. The third-order valence-electron chi connectivity index (χ3n) is 8.56. The number of anilines is 1. The van der Waals surface area contributed by atoms with Crippen molar-refractivity contribution in [1.82, 2.24) is 40.3 Å². The standard InChI is InChI=1S/C29H33N9O3/c1-17(39)31-20-8-9-25-23(13-20)32-28(41-25)19-10-11-30-24(12-19)29(40)38-16-21-14-22(38)15-37(21)26(18-6-4-3-5-7-18)27-33-35-36(2)34-27/h3-9,13,19,21-22,24,26,30H,10-12,14-16H2,1-2H3,(H,31,39)/t19?,21-,22-,24?,26?/m1/s1. The van der Waals surface area contributed by atoms with Crippen LogP contribution in [0.1, 0.15) is 55.4 Å². The van der Waals surface area contributed by atoms with E-state index in [4.69, 9.17) is 9.40 Å². The van der Waals surface area contributed by atoms with Crippen LogP contribution in [-0.4, -0.2) is 84.6 Å².